The molecule has 0 amide bonds. The fourth-order valence-electron chi connectivity index (χ4n) is 4.07. The summed E-state index contributed by atoms with van der Waals surface area (Å²) in [6.07, 6.45) is 0. The maximum absolute atomic E-state index is 13.2. The summed E-state index contributed by atoms with van der Waals surface area (Å²) < 4.78 is 21.4. The summed E-state index contributed by atoms with van der Waals surface area (Å²) in [5.74, 6) is 0.566. The zero-order valence-electron chi connectivity index (χ0n) is 17.4. The molecule has 0 saturated heterocycles. The Hall–Kier alpha value is -3.84. The number of benzene rings is 4. The van der Waals surface area contributed by atoms with E-state index in [1.54, 1.807) is 32.0 Å². The summed E-state index contributed by atoms with van der Waals surface area (Å²) in [7, 11) is -1.64. The molecule has 160 valence electrons. The van der Waals surface area contributed by atoms with Crippen LogP contribution in [0.1, 0.15) is 11.5 Å². The standard InChI is InChI=1S/C25H20N2O4S/c1-14-25(15(2)31-26-14)32(30)27-21-13-20(24(29)19-10-6-5-9-18(19)21)23-17-8-4-3-7-16(17)11-12-22(23)28/h3-13,27-29H,1-2H3. The highest BCUT2D eigenvalue weighted by atomic mass is 32.2. The Morgan fingerprint density at radius 2 is 1.59 bits per heavy atom. The first-order chi connectivity index (χ1) is 15.5. The molecule has 5 rings (SSSR count). The molecule has 7 heteroatoms. The molecule has 0 aliphatic rings. The number of rotatable bonds is 4. The van der Waals surface area contributed by atoms with Crippen LogP contribution in [0.4, 0.5) is 5.69 Å². The highest BCUT2D eigenvalue weighted by Crippen LogP contribution is 2.46. The van der Waals surface area contributed by atoms with Crippen LogP contribution in [0.25, 0.3) is 32.7 Å². The molecular formula is C25H20N2O4S. The van der Waals surface area contributed by atoms with Gasteiger partial charge in [-0.3, -0.25) is 0 Å². The Bertz CT molecular complexity index is 1500. The van der Waals surface area contributed by atoms with Crippen LogP contribution < -0.4 is 4.72 Å². The van der Waals surface area contributed by atoms with Gasteiger partial charge in [0, 0.05) is 21.9 Å². The highest BCUT2D eigenvalue weighted by molar-refractivity contribution is 7.86. The average molecular weight is 445 g/mol. The smallest absolute Gasteiger partial charge is 0.155 e. The van der Waals surface area contributed by atoms with E-state index in [2.05, 4.69) is 9.88 Å². The third-order valence-electron chi connectivity index (χ3n) is 5.55. The zero-order valence-corrected chi connectivity index (χ0v) is 18.2. The van der Waals surface area contributed by atoms with Gasteiger partial charge in [0.15, 0.2) is 16.7 Å². The normalized spacial score (nSPS) is 12.3. The van der Waals surface area contributed by atoms with Gasteiger partial charge in [-0.05, 0) is 36.8 Å². The third-order valence-corrected chi connectivity index (χ3v) is 6.91. The van der Waals surface area contributed by atoms with Crippen molar-refractivity contribution in [3.8, 4) is 22.6 Å². The average Bonchev–Trinajstić information content (AvgIpc) is 3.14. The van der Waals surface area contributed by atoms with Crippen molar-refractivity contribution in [1.29, 1.82) is 0 Å². The molecule has 0 spiro atoms. The van der Waals surface area contributed by atoms with Crippen molar-refractivity contribution >= 4 is 38.2 Å². The van der Waals surface area contributed by atoms with Gasteiger partial charge in [0.2, 0.25) is 0 Å². The van der Waals surface area contributed by atoms with Crippen LogP contribution in [0.2, 0.25) is 0 Å². The largest absolute Gasteiger partial charge is 0.507 e. The number of aromatic nitrogens is 1. The topological polar surface area (TPSA) is 95.6 Å². The number of aryl methyl sites for hydroxylation is 2. The number of nitrogens with zero attached hydrogens (tertiary/aromatic N) is 1. The number of phenolic OH excluding ortho intramolecular Hbond substituents is 2. The van der Waals surface area contributed by atoms with E-state index in [0.29, 0.717) is 43.9 Å². The minimum absolute atomic E-state index is 0.0425. The molecule has 1 unspecified atom stereocenters. The highest BCUT2D eigenvalue weighted by Gasteiger charge is 2.21. The Kier molecular flexibility index (Phi) is 4.83. The summed E-state index contributed by atoms with van der Waals surface area (Å²) in [5, 5.41) is 28.8. The van der Waals surface area contributed by atoms with E-state index in [0.717, 1.165) is 10.8 Å². The van der Waals surface area contributed by atoms with Gasteiger partial charge in [-0.2, -0.15) is 0 Å². The van der Waals surface area contributed by atoms with Crippen LogP contribution in [0, 0.1) is 13.8 Å². The molecule has 0 radical (unpaired) electrons. The molecule has 0 bridgehead atoms. The maximum atomic E-state index is 13.2. The zero-order chi connectivity index (χ0) is 22.4. The van der Waals surface area contributed by atoms with Crippen molar-refractivity contribution in [3.05, 3.63) is 78.2 Å². The van der Waals surface area contributed by atoms with E-state index >= 15 is 0 Å². The van der Waals surface area contributed by atoms with Gasteiger partial charge < -0.3 is 19.5 Å². The molecule has 0 saturated carbocycles. The van der Waals surface area contributed by atoms with Crippen molar-refractivity contribution in [2.24, 2.45) is 0 Å². The predicted molar refractivity (Wildman–Crippen MR) is 126 cm³/mol. The number of hydrogen-bond acceptors (Lipinski definition) is 5. The number of hydrogen-bond donors (Lipinski definition) is 3. The fourth-order valence-corrected chi connectivity index (χ4v) is 5.14. The van der Waals surface area contributed by atoms with E-state index in [1.807, 2.05) is 48.5 Å². The summed E-state index contributed by atoms with van der Waals surface area (Å²) in [5.41, 5.74) is 2.05. The van der Waals surface area contributed by atoms with Crippen LogP contribution >= 0.6 is 0 Å². The van der Waals surface area contributed by atoms with Gasteiger partial charge in [-0.25, -0.2) is 4.21 Å². The number of fused-ring (bicyclic) bond motifs is 2. The van der Waals surface area contributed by atoms with Crippen molar-refractivity contribution in [1.82, 2.24) is 5.16 Å². The lowest BCUT2D eigenvalue weighted by molar-refractivity contribution is 0.391. The summed E-state index contributed by atoms with van der Waals surface area (Å²) >= 11 is 0. The first kappa shape index (κ1) is 20.1. The molecule has 4 aromatic carbocycles. The van der Waals surface area contributed by atoms with Crippen LogP contribution in [0.15, 0.2) is 76.1 Å². The molecule has 5 aromatic rings. The lowest BCUT2D eigenvalue weighted by atomic mass is 9.93. The molecule has 1 heterocycles. The number of aromatic hydroxyl groups is 2. The van der Waals surface area contributed by atoms with Crippen LogP contribution in [0.3, 0.4) is 0 Å². The quantitative estimate of drug-likeness (QED) is 0.304. The van der Waals surface area contributed by atoms with Crippen molar-refractivity contribution < 1.29 is 18.9 Å². The lowest BCUT2D eigenvalue weighted by Crippen LogP contribution is -2.07. The molecule has 0 aliphatic carbocycles. The molecular weight excluding hydrogens is 424 g/mol. The first-order valence-corrected chi connectivity index (χ1v) is 11.2. The van der Waals surface area contributed by atoms with Gasteiger partial charge in [-0.1, -0.05) is 59.8 Å². The molecule has 3 N–H and O–H groups in total. The molecule has 1 aromatic heterocycles. The third kappa shape index (κ3) is 3.18. The fraction of sp³-hybridized carbons (Fsp3) is 0.0800. The number of phenols is 2. The van der Waals surface area contributed by atoms with Crippen molar-refractivity contribution in [2.75, 3.05) is 4.72 Å². The lowest BCUT2D eigenvalue weighted by Gasteiger charge is -2.16. The van der Waals surface area contributed by atoms with E-state index < -0.39 is 11.0 Å². The van der Waals surface area contributed by atoms with E-state index in [9.17, 15) is 14.4 Å². The van der Waals surface area contributed by atoms with Gasteiger partial charge in [0.1, 0.15) is 16.4 Å². The minimum atomic E-state index is -1.64. The van der Waals surface area contributed by atoms with E-state index in [1.165, 1.54) is 0 Å². The second-order valence-electron chi connectivity index (χ2n) is 7.57. The Morgan fingerprint density at radius 1 is 0.906 bits per heavy atom. The summed E-state index contributed by atoms with van der Waals surface area (Å²) in [6.45, 7) is 3.45. The summed E-state index contributed by atoms with van der Waals surface area (Å²) in [4.78, 5) is 0.483. The van der Waals surface area contributed by atoms with Gasteiger partial charge >= 0.3 is 0 Å². The maximum Gasteiger partial charge on any atom is 0.155 e. The molecule has 0 fully saturated rings. The second kappa shape index (κ2) is 7.69. The van der Waals surface area contributed by atoms with Crippen LogP contribution in [0.5, 0.6) is 11.5 Å². The Balaban J connectivity index is 1.76. The number of nitrogens with one attached hydrogen (secondary N) is 1. The minimum Gasteiger partial charge on any atom is -0.507 e. The predicted octanol–water partition coefficient (Wildman–Crippen LogP) is 5.81. The van der Waals surface area contributed by atoms with Crippen molar-refractivity contribution in [2.45, 2.75) is 18.7 Å². The van der Waals surface area contributed by atoms with Gasteiger partial charge in [-0.15, -0.1) is 0 Å². The van der Waals surface area contributed by atoms with Crippen molar-refractivity contribution in [3.63, 3.8) is 0 Å². The van der Waals surface area contributed by atoms with Gasteiger partial charge in [0.05, 0.1) is 11.4 Å². The molecule has 0 aliphatic heterocycles. The number of anilines is 1. The first-order valence-electron chi connectivity index (χ1n) is 10.0. The molecule has 32 heavy (non-hydrogen) atoms. The van der Waals surface area contributed by atoms with Crippen LogP contribution in [-0.4, -0.2) is 19.6 Å². The Morgan fingerprint density at radius 3 is 2.31 bits per heavy atom. The monoisotopic (exact) mass is 444 g/mol. The SMILES string of the molecule is Cc1noc(C)c1S(=O)Nc1cc(-c2c(O)ccc3ccccc23)c(O)c2ccccc12. The summed E-state index contributed by atoms with van der Waals surface area (Å²) in [6, 6.07) is 20.1. The van der Waals surface area contributed by atoms with Gasteiger partial charge in [0.25, 0.3) is 0 Å². The molecule has 1 atom stereocenters. The van der Waals surface area contributed by atoms with E-state index in [-0.39, 0.29) is 11.5 Å². The Labute approximate surface area is 186 Å². The van der Waals surface area contributed by atoms with Crippen LogP contribution in [-0.2, 0) is 11.0 Å². The second-order valence-corrected chi connectivity index (χ2v) is 8.72. The van der Waals surface area contributed by atoms with E-state index in [4.69, 9.17) is 4.52 Å². The molecule has 6 nitrogen and oxygen atoms in total.